The van der Waals surface area contributed by atoms with Gasteiger partial charge in [0.05, 0.1) is 6.61 Å². The van der Waals surface area contributed by atoms with Crippen LogP contribution in [0.3, 0.4) is 0 Å². The largest absolute Gasteiger partial charge is 0.501 e. The quantitative estimate of drug-likeness (QED) is 0.272. The molecule has 0 aliphatic rings. The van der Waals surface area contributed by atoms with Crippen LogP contribution in [0, 0.1) is 0 Å². The highest BCUT2D eigenvalue weighted by Gasteiger charge is 2.39. The van der Waals surface area contributed by atoms with E-state index in [-0.39, 0.29) is 19.1 Å². The van der Waals surface area contributed by atoms with Gasteiger partial charge in [-0.1, -0.05) is 0 Å². The van der Waals surface area contributed by atoms with Gasteiger partial charge >= 0.3 is 29.6 Å². The molecule has 10 nitrogen and oxygen atoms in total. The lowest BCUT2D eigenvalue weighted by molar-refractivity contribution is 0.0695. The summed E-state index contributed by atoms with van der Waals surface area (Å²) in [7, 11) is -12.9. The Bertz CT molecular complexity index is 485. The highest BCUT2D eigenvalue weighted by Crippen LogP contribution is 2.18. The van der Waals surface area contributed by atoms with Gasteiger partial charge in [0.25, 0.3) is 0 Å². The zero-order valence-corrected chi connectivity index (χ0v) is 15.3. The van der Waals surface area contributed by atoms with Crippen LogP contribution in [0.25, 0.3) is 0 Å². The molecule has 0 bridgehead atoms. The second-order valence-corrected chi connectivity index (χ2v) is 9.00. The van der Waals surface area contributed by atoms with Crippen LogP contribution >= 0.6 is 0 Å². The summed E-state index contributed by atoms with van der Waals surface area (Å²) in [5, 5.41) is 0. The lowest BCUT2D eigenvalue weighted by Gasteiger charge is -2.28. The summed E-state index contributed by atoms with van der Waals surface area (Å²) in [6, 6.07) is 0.282. The van der Waals surface area contributed by atoms with E-state index in [0.717, 1.165) is 0 Å². The molecule has 0 rings (SSSR count). The summed E-state index contributed by atoms with van der Waals surface area (Å²) in [4.78, 5) is 0. The molecule has 134 valence electrons. The fraction of sp³-hybridized carbons (Fsp3) is 1.00. The standard InChI is InChI=1S/C9H22O10S2Si/c1-4-16-22(17-5-2,18-6-3)9-7-8-15-21(13,14)19-20(10,11)12/h4-9H2,1-3H3,(H,10,11,12). The molecule has 0 aromatic rings. The summed E-state index contributed by atoms with van der Waals surface area (Å²) >= 11 is 0. The molecule has 0 amide bonds. The van der Waals surface area contributed by atoms with E-state index in [4.69, 9.17) is 17.8 Å². The molecule has 0 aliphatic carbocycles. The molecule has 0 spiro atoms. The molecule has 0 atom stereocenters. The van der Waals surface area contributed by atoms with Crippen LogP contribution < -0.4 is 0 Å². The van der Waals surface area contributed by atoms with Crippen LogP contribution in [0.1, 0.15) is 27.2 Å². The second-order valence-electron chi connectivity index (χ2n) is 3.81. The maximum absolute atomic E-state index is 11.1. The van der Waals surface area contributed by atoms with Crippen molar-refractivity contribution in [2.45, 2.75) is 33.2 Å². The SMILES string of the molecule is CCO[Si](CCCOS(=O)(=O)OS(=O)(=O)O)(OCC)OCC. The molecule has 0 aromatic carbocycles. The van der Waals surface area contributed by atoms with Crippen LogP contribution in [0.2, 0.25) is 6.04 Å². The van der Waals surface area contributed by atoms with Crippen molar-refractivity contribution < 1.29 is 42.5 Å². The lowest BCUT2D eigenvalue weighted by atomic mass is 10.5. The van der Waals surface area contributed by atoms with Crippen molar-refractivity contribution in [2.24, 2.45) is 0 Å². The summed E-state index contributed by atoms with van der Waals surface area (Å²) < 4.78 is 75.4. The van der Waals surface area contributed by atoms with E-state index in [1.54, 1.807) is 20.8 Å². The second kappa shape index (κ2) is 9.89. The van der Waals surface area contributed by atoms with Gasteiger partial charge in [0.1, 0.15) is 0 Å². The molecular formula is C9H22O10S2Si. The highest BCUT2D eigenvalue weighted by atomic mass is 32.3. The normalized spacial score (nSPS) is 13.5. The van der Waals surface area contributed by atoms with Gasteiger partial charge in [-0.2, -0.15) is 16.8 Å². The smallest absolute Gasteiger partial charge is 0.374 e. The van der Waals surface area contributed by atoms with Crippen LogP contribution in [0.5, 0.6) is 0 Å². The predicted octanol–water partition coefficient (Wildman–Crippen LogP) is 0.506. The van der Waals surface area contributed by atoms with Crippen molar-refractivity contribution in [3.05, 3.63) is 0 Å². The van der Waals surface area contributed by atoms with Crippen LogP contribution in [0.4, 0.5) is 0 Å². The summed E-state index contributed by atoms with van der Waals surface area (Å²) in [5.74, 6) is 0. The van der Waals surface area contributed by atoms with Gasteiger partial charge in [-0.15, -0.1) is 3.63 Å². The van der Waals surface area contributed by atoms with Crippen molar-refractivity contribution in [1.29, 1.82) is 0 Å². The van der Waals surface area contributed by atoms with Crippen LogP contribution in [-0.2, 0) is 41.9 Å². The van der Waals surface area contributed by atoms with Gasteiger partial charge in [0.15, 0.2) is 0 Å². The minimum absolute atomic E-state index is 0.167. The third-order valence-electron chi connectivity index (χ3n) is 2.12. The fourth-order valence-corrected chi connectivity index (χ4v) is 5.48. The van der Waals surface area contributed by atoms with Gasteiger partial charge in [-0.05, 0) is 27.2 Å². The zero-order valence-electron chi connectivity index (χ0n) is 12.7. The molecule has 0 unspecified atom stereocenters. The average Bonchev–Trinajstić information content (AvgIpc) is 2.33. The monoisotopic (exact) mass is 382 g/mol. The number of hydrogen-bond acceptors (Lipinski definition) is 9. The Morgan fingerprint density at radius 2 is 1.36 bits per heavy atom. The first kappa shape index (κ1) is 21.9. The van der Waals surface area contributed by atoms with Gasteiger partial charge < -0.3 is 13.3 Å². The van der Waals surface area contributed by atoms with Crippen molar-refractivity contribution in [1.82, 2.24) is 0 Å². The third-order valence-corrected chi connectivity index (χ3v) is 7.08. The Morgan fingerprint density at radius 3 is 1.73 bits per heavy atom. The predicted molar refractivity (Wildman–Crippen MR) is 77.6 cm³/mol. The first-order valence-electron chi connectivity index (χ1n) is 6.59. The molecule has 0 aromatic heterocycles. The zero-order chi connectivity index (χ0) is 17.3. The van der Waals surface area contributed by atoms with E-state index >= 15 is 0 Å². The maximum Gasteiger partial charge on any atom is 0.501 e. The van der Waals surface area contributed by atoms with E-state index in [9.17, 15) is 16.8 Å². The number of rotatable bonds is 13. The fourth-order valence-electron chi connectivity index (χ4n) is 1.58. The Balaban J connectivity index is 4.50. The van der Waals surface area contributed by atoms with Gasteiger partial charge in [0, 0.05) is 25.9 Å². The average molecular weight is 382 g/mol. The summed E-state index contributed by atoms with van der Waals surface area (Å²) in [6.45, 7) is 6.08. The first-order valence-corrected chi connectivity index (χ1v) is 11.2. The Morgan fingerprint density at radius 1 is 0.909 bits per heavy atom. The molecule has 0 radical (unpaired) electrons. The van der Waals surface area contributed by atoms with Crippen LogP contribution in [-0.4, -0.2) is 56.6 Å². The molecular weight excluding hydrogens is 360 g/mol. The van der Waals surface area contributed by atoms with Crippen molar-refractivity contribution >= 4 is 29.6 Å². The molecule has 0 heterocycles. The molecule has 0 fully saturated rings. The minimum atomic E-state index is -5.15. The van der Waals surface area contributed by atoms with E-state index in [2.05, 4.69) is 7.81 Å². The number of hydrogen-bond donors (Lipinski definition) is 1. The lowest BCUT2D eigenvalue weighted by Crippen LogP contribution is -2.46. The summed E-state index contributed by atoms with van der Waals surface area (Å²) in [6.07, 6.45) is 0.167. The van der Waals surface area contributed by atoms with Gasteiger partial charge in [-0.3, -0.25) is 4.55 Å². The molecule has 13 heteroatoms. The first-order chi connectivity index (χ1) is 10.1. The van der Waals surface area contributed by atoms with E-state index in [0.29, 0.717) is 19.8 Å². The molecule has 22 heavy (non-hydrogen) atoms. The van der Waals surface area contributed by atoms with Gasteiger partial charge in [-0.25, -0.2) is 4.18 Å². The molecule has 0 saturated carbocycles. The Labute approximate surface area is 132 Å². The molecule has 1 N–H and O–H groups in total. The van der Waals surface area contributed by atoms with E-state index in [1.165, 1.54) is 0 Å². The Kier molecular flexibility index (Phi) is 9.84. The van der Waals surface area contributed by atoms with Crippen molar-refractivity contribution in [3.8, 4) is 0 Å². The molecule has 0 saturated heterocycles. The topological polar surface area (TPSA) is 135 Å². The highest BCUT2D eigenvalue weighted by molar-refractivity contribution is 7.94. The van der Waals surface area contributed by atoms with Crippen molar-refractivity contribution in [2.75, 3.05) is 26.4 Å². The van der Waals surface area contributed by atoms with E-state index < -0.39 is 29.6 Å². The minimum Gasteiger partial charge on any atom is -0.374 e. The summed E-state index contributed by atoms with van der Waals surface area (Å²) in [5.41, 5.74) is 0. The Hall–Kier alpha value is -0.123. The van der Waals surface area contributed by atoms with Crippen LogP contribution in [0.15, 0.2) is 0 Å². The molecule has 0 aliphatic heterocycles. The van der Waals surface area contributed by atoms with E-state index in [1.807, 2.05) is 0 Å². The van der Waals surface area contributed by atoms with Gasteiger partial charge in [0.2, 0.25) is 0 Å². The third kappa shape index (κ3) is 9.81. The maximum atomic E-state index is 11.1. The van der Waals surface area contributed by atoms with Crippen molar-refractivity contribution in [3.63, 3.8) is 0 Å².